The summed E-state index contributed by atoms with van der Waals surface area (Å²) in [5.41, 5.74) is 9.84. The first-order chi connectivity index (χ1) is 9.24. The lowest BCUT2D eigenvalue weighted by Gasteiger charge is -2.11. The zero-order valence-corrected chi connectivity index (χ0v) is 13.0. The van der Waals surface area contributed by atoms with Crippen molar-refractivity contribution in [2.45, 2.75) is 29.0 Å². The third-order valence-electron chi connectivity index (χ3n) is 2.99. The summed E-state index contributed by atoms with van der Waals surface area (Å²) >= 11 is 3.63. The molecule has 19 heavy (non-hydrogen) atoms. The van der Waals surface area contributed by atoms with Crippen LogP contribution in [0.15, 0.2) is 52.3 Å². The van der Waals surface area contributed by atoms with E-state index in [1.165, 1.54) is 26.5 Å². The zero-order valence-electron chi connectivity index (χ0n) is 11.3. The summed E-state index contributed by atoms with van der Waals surface area (Å²) in [6.45, 7) is 2.74. The summed E-state index contributed by atoms with van der Waals surface area (Å²) in [6.07, 6.45) is 2.10. The highest BCUT2D eigenvalue weighted by Crippen LogP contribution is 2.32. The van der Waals surface area contributed by atoms with Crippen molar-refractivity contribution in [1.82, 2.24) is 0 Å². The van der Waals surface area contributed by atoms with Gasteiger partial charge in [0.2, 0.25) is 0 Å². The molecule has 0 radical (unpaired) electrons. The lowest BCUT2D eigenvalue weighted by Crippen LogP contribution is -2.00. The van der Waals surface area contributed by atoms with Gasteiger partial charge >= 0.3 is 0 Å². The van der Waals surface area contributed by atoms with Crippen LogP contribution in [-0.2, 0) is 12.3 Å². The molecule has 0 amide bonds. The molecule has 0 saturated carbocycles. The Labute approximate surface area is 124 Å². The van der Waals surface area contributed by atoms with Crippen LogP contribution in [0.4, 0.5) is 0 Å². The van der Waals surface area contributed by atoms with Crippen LogP contribution in [0.5, 0.6) is 0 Å². The molecule has 0 aliphatic carbocycles. The van der Waals surface area contributed by atoms with Crippen LogP contribution in [0.1, 0.15) is 16.7 Å². The minimum absolute atomic E-state index is 0.604. The van der Waals surface area contributed by atoms with Crippen molar-refractivity contribution in [3.63, 3.8) is 0 Å². The van der Waals surface area contributed by atoms with Crippen LogP contribution in [0.3, 0.4) is 0 Å². The van der Waals surface area contributed by atoms with Crippen molar-refractivity contribution in [3.05, 3.63) is 59.2 Å². The minimum Gasteiger partial charge on any atom is -0.326 e. The van der Waals surface area contributed by atoms with Crippen molar-refractivity contribution >= 4 is 23.5 Å². The first-order valence-corrected chi connectivity index (χ1v) is 8.50. The van der Waals surface area contributed by atoms with E-state index in [0.29, 0.717) is 6.54 Å². The average Bonchev–Trinajstić information content (AvgIpc) is 2.44. The van der Waals surface area contributed by atoms with Gasteiger partial charge in [-0.05, 0) is 36.4 Å². The molecule has 0 bridgehead atoms. The Morgan fingerprint density at radius 3 is 2.47 bits per heavy atom. The highest BCUT2D eigenvalue weighted by atomic mass is 32.2. The van der Waals surface area contributed by atoms with Crippen molar-refractivity contribution in [2.75, 3.05) is 6.26 Å². The third-order valence-corrected chi connectivity index (χ3v) is 4.98. The van der Waals surface area contributed by atoms with E-state index in [9.17, 15) is 0 Å². The number of nitrogens with two attached hydrogens (primary N) is 1. The van der Waals surface area contributed by atoms with Gasteiger partial charge in [-0.1, -0.05) is 35.9 Å². The number of aryl methyl sites for hydroxylation is 1. The number of benzene rings is 2. The Morgan fingerprint density at radius 1 is 1.05 bits per heavy atom. The van der Waals surface area contributed by atoms with Gasteiger partial charge in [0.25, 0.3) is 0 Å². The monoisotopic (exact) mass is 289 g/mol. The summed E-state index contributed by atoms with van der Waals surface area (Å²) in [5, 5.41) is 0. The SMILES string of the molecule is CSc1cccc(SCc2cccc(C)c2)c1CN. The lowest BCUT2D eigenvalue weighted by atomic mass is 10.2. The topological polar surface area (TPSA) is 26.0 Å². The quantitative estimate of drug-likeness (QED) is 0.823. The van der Waals surface area contributed by atoms with E-state index in [4.69, 9.17) is 5.73 Å². The van der Waals surface area contributed by atoms with E-state index in [2.05, 4.69) is 55.6 Å². The molecule has 0 aliphatic rings. The van der Waals surface area contributed by atoms with Crippen LogP contribution < -0.4 is 5.73 Å². The van der Waals surface area contributed by atoms with Crippen molar-refractivity contribution in [2.24, 2.45) is 5.73 Å². The fourth-order valence-electron chi connectivity index (χ4n) is 2.04. The third kappa shape index (κ3) is 3.78. The maximum Gasteiger partial charge on any atom is 0.0232 e. The molecule has 0 spiro atoms. The number of thioether (sulfide) groups is 2. The highest BCUT2D eigenvalue weighted by molar-refractivity contribution is 7.99. The summed E-state index contributed by atoms with van der Waals surface area (Å²) < 4.78 is 0. The number of rotatable bonds is 5. The van der Waals surface area contributed by atoms with E-state index in [1.807, 2.05) is 11.8 Å². The molecule has 3 heteroatoms. The molecule has 0 aromatic heterocycles. The highest BCUT2D eigenvalue weighted by Gasteiger charge is 2.07. The maximum absolute atomic E-state index is 5.89. The van der Waals surface area contributed by atoms with Crippen LogP contribution >= 0.6 is 23.5 Å². The average molecular weight is 289 g/mol. The molecule has 2 aromatic rings. The first-order valence-electron chi connectivity index (χ1n) is 6.29. The van der Waals surface area contributed by atoms with Gasteiger partial charge in [0.05, 0.1) is 0 Å². The normalized spacial score (nSPS) is 10.7. The fourth-order valence-corrected chi connectivity index (χ4v) is 3.80. The summed E-state index contributed by atoms with van der Waals surface area (Å²) in [5.74, 6) is 0.993. The summed E-state index contributed by atoms with van der Waals surface area (Å²) in [6, 6.07) is 15.1. The van der Waals surface area contributed by atoms with Crippen molar-refractivity contribution in [1.29, 1.82) is 0 Å². The van der Waals surface area contributed by atoms with Gasteiger partial charge in [0.1, 0.15) is 0 Å². The molecular weight excluding hydrogens is 270 g/mol. The Balaban J connectivity index is 2.15. The van der Waals surface area contributed by atoms with Gasteiger partial charge in [0.15, 0.2) is 0 Å². The molecule has 0 unspecified atom stereocenters. The van der Waals surface area contributed by atoms with Crippen molar-refractivity contribution < 1.29 is 0 Å². The minimum atomic E-state index is 0.604. The van der Waals surface area contributed by atoms with E-state index >= 15 is 0 Å². The zero-order chi connectivity index (χ0) is 13.7. The molecule has 2 rings (SSSR count). The maximum atomic E-state index is 5.89. The van der Waals surface area contributed by atoms with Crippen LogP contribution in [-0.4, -0.2) is 6.26 Å². The van der Waals surface area contributed by atoms with Gasteiger partial charge in [-0.15, -0.1) is 23.5 Å². The Kier molecular flexibility index (Phi) is 5.37. The van der Waals surface area contributed by atoms with Crippen LogP contribution in [0.25, 0.3) is 0 Å². The van der Waals surface area contributed by atoms with E-state index < -0.39 is 0 Å². The van der Waals surface area contributed by atoms with Crippen LogP contribution in [0, 0.1) is 6.92 Å². The molecule has 0 heterocycles. The van der Waals surface area contributed by atoms with Gasteiger partial charge in [0, 0.05) is 22.1 Å². The molecule has 0 atom stereocenters. The molecule has 2 N–H and O–H groups in total. The number of hydrogen-bond acceptors (Lipinski definition) is 3. The van der Waals surface area contributed by atoms with Crippen LogP contribution in [0.2, 0.25) is 0 Å². The molecule has 0 saturated heterocycles. The van der Waals surface area contributed by atoms with Crippen molar-refractivity contribution in [3.8, 4) is 0 Å². The Bertz CT molecular complexity index is 552. The molecule has 0 fully saturated rings. The van der Waals surface area contributed by atoms with E-state index in [-0.39, 0.29) is 0 Å². The molecule has 0 aliphatic heterocycles. The Morgan fingerprint density at radius 2 is 1.79 bits per heavy atom. The standard InChI is InChI=1S/C16H19NS2/c1-12-5-3-6-13(9-12)11-19-16-8-4-7-15(18-2)14(16)10-17/h3-9H,10-11,17H2,1-2H3. The summed E-state index contributed by atoms with van der Waals surface area (Å²) in [7, 11) is 0. The predicted octanol–water partition coefficient (Wildman–Crippen LogP) is 4.47. The molecule has 100 valence electrons. The second-order valence-corrected chi connectivity index (χ2v) is 6.28. The Hall–Kier alpha value is -0.900. The fraction of sp³-hybridized carbons (Fsp3) is 0.250. The number of hydrogen-bond donors (Lipinski definition) is 1. The smallest absolute Gasteiger partial charge is 0.0232 e. The second-order valence-electron chi connectivity index (χ2n) is 4.42. The van der Waals surface area contributed by atoms with E-state index in [0.717, 1.165) is 5.75 Å². The molecule has 2 aromatic carbocycles. The predicted molar refractivity (Wildman–Crippen MR) is 86.9 cm³/mol. The van der Waals surface area contributed by atoms with Gasteiger partial charge in [-0.2, -0.15) is 0 Å². The van der Waals surface area contributed by atoms with Gasteiger partial charge < -0.3 is 5.73 Å². The van der Waals surface area contributed by atoms with E-state index in [1.54, 1.807) is 11.8 Å². The van der Waals surface area contributed by atoms with Gasteiger partial charge in [-0.3, -0.25) is 0 Å². The summed E-state index contributed by atoms with van der Waals surface area (Å²) in [4.78, 5) is 2.59. The molecule has 1 nitrogen and oxygen atoms in total. The largest absolute Gasteiger partial charge is 0.326 e. The second kappa shape index (κ2) is 7.04. The molecular formula is C16H19NS2. The van der Waals surface area contributed by atoms with Gasteiger partial charge in [-0.25, -0.2) is 0 Å². The lowest BCUT2D eigenvalue weighted by molar-refractivity contribution is 0.980. The first kappa shape index (κ1) is 14.5.